The van der Waals surface area contributed by atoms with Gasteiger partial charge in [-0.1, -0.05) is 46.0 Å². The highest BCUT2D eigenvalue weighted by atomic mass is 16.3. The van der Waals surface area contributed by atoms with E-state index in [4.69, 9.17) is 6.42 Å². The maximum absolute atomic E-state index is 9.34. The fraction of sp³-hybridized carbons (Fsp3) is 0.846. The summed E-state index contributed by atoms with van der Waals surface area (Å²) in [6.45, 7) is 6.69. The highest BCUT2D eigenvalue weighted by Gasteiger charge is 2.25. The number of aliphatic hydroxyl groups excluding tert-OH is 1. The predicted molar refractivity (Wildman–Crippen MR) is 62.0 cm³/mol. The molecule has 14 heavy (non-hydrogen) atoms. The summed E-state index contributed by atoms with van der Waals surface area (Å²) in [6, 6.07) is 0. The summed E-state index contributed by atoms with van der Waals surface area (Å²) in [6.07, 6.45) is 11.3. The van der Waals surface area contributed by atoms with Crippen molar-refractivity contribution in [3.8, 4) is 12.3 Å². The summed E-state index contributed by atoms with van der Waals surface area (Å²) < 4.78 is 0. The summed E-state index contributed by atoms with van der Waals surface area (Å²) in [4.78, 5) is 0. The number of terminal acetylenes is 1. The van der Waals surface area contributed by atoms with Crippen LogP contribution in [0.5, 0.6) is 0 Å². The summed E-state index contributed by atoms with van der Waals surface area (Å²) >= 11 is 0. The molecular formula is C13H24O. The van der Waals surface area contributed by atoms with Gasteiger partial charge >= 0.3 is 0 Å². The van der Waals surface area contributed by atoms with Gasteiger partial charge in [0.25, 0.3) is 0 Å². The first-order valence-corrected chi connectivity index (χ1v) is 5.78. The topological polar surface area (TPSA) is 20.2 Å². The molecule has 0 saturated carbocycles. The van der Waals surface area contributed by atoms with E-state index in [0.29, 0.717) is 5.41 Å². The van der Waals surface area contributed by atoms with E-state index >= 15 is 0 Å². The summed E-state index contributed by atoms with van der Waals surface area (Å²) in [7, 11) is 0. The van der Waals surface area contributed by atoms with Crippen LogP contribution >= 0.6 is 0 Å². The Kier molecular flexibility index (Phi) is 6.66. The first-order valence-electron chi connectivity index (χ1n) is 5.78. The zero-order valence-electron chi connectivity index (χ0n) is 9.84. The van der Waals surface area contributed by atoms with Gasteiger partial charge < -0.3 is 5.11 Å². The van der Waals surface area contributed by atoms with Gasteiger partial charge in [0.05, 0.1) is 0 Å². The summed E-state index contributed by atoms with van der Waals surface area (Å²) in [5, 5.41) is 9.34. The van der Waals surface area contributed by atoms with Crippen LogP contribution in [-0.2, 0) is 0 Å². The molecule has 0 spiro atoms. The molecule has 0 heterocycles. The van der Waals surface area contributed by atoms with Crippen LogP contribution in [0.3, 0.4) is 0 Å². The fourth-order valence-corrected chi connectivity index (χ4v) is 2.14. The molecule has 0 aromatic rings. The Bertz CT molecular complexity index is 174. The second kappa shape index (κ2) is 6.90. The highest BCUT2D eigenvalue weighted by molar-refractivity contribution is 4.94. The highest BCUT2D eigenvalue weighted by Crippen LogP contribution is 2.37. The molecule has 1 N–H and O–H groups in total. The van der Waals surface area contributed by atoms with Gasteiger partial charge in [-0.05, 0) is 24.7 Å². The molecule has 0 aliphatic carbocycles. The van der Waals surface area contributed by atoms with Crippen LogP contribution in [0.1, 0.15) is 59.3 Å². The Morgan fingerprint density at radius 3 is 2.14 bits per heavy atom. The monoisotopic (exact) mass is 196 g/mol. The van der Waals surface area contributed by atoms with E-state index < -0.39 is 6.10 Å². The number of rotatable bonds is 7. The molecule has 1 nitrogen and oxygen atoms in total. The van der Waals surface area contributed by atoms with Crippen LogP contribution in [-0.4, -0.2) is 11.2 Å². The van der Waals surface area contributed by atoms with Crippen molar-refractivity contribution in [1.29, 1.82) is 0 Å². The number of aliphatic hydroxyl groups is 1. The lowest BCUT2D eigenvalue weighted by atomic mass is 9.74. The average Bonchev–Trinajstić information content (AvgIpc) is 2.24. The molecule has 1 heteroatoms. The van der Waals surface area contributed by atoms with Gasteiger partial charge in [-0.15, -0.1) is 6.42 Å². The van der Waals surface area contributed by atoms with E-state index in [1.807, 2.05) is 0 Å². The minimum absolute atomic E-state index is 0.409. The number of hydrogen-bond donors (Lipinski definition) is 1. The van der Waals surface area contributed by atoms with Crippen molar-refractivity contribution >= 4 is 0 Å². The van der Waals surface area contributed by atoms with Crippen LogP contribution in [0.4, 0.5) is 0 Å². The maximum Gasteiger partial charge on any atom is 0.114 e. The Labute approximate surface area is 88.9 Å². The van der Waals surface area contributed by atoms with Crippen LogP contribution < -0.4 is 0 Å². The minimum atomic E-state index is -0.552. The lowest BCUT2D eigenvalue weighted by molar-refractivity contribution is 0.156. The van der Waals surface area contributed by atoms with Gasteiger partial charge in [0, 0.05) is 0 Å². The quantitative estimate of drug-likeness (QED) is 0.619. The Morgan fingerprint density at radius 2 is 1.79 bits per heavy atom. The zero-order valence-corrected chi connectivity index (χ0v) is 9.84. The minimum Gasteiger partial charge on any atom is -0.380 e. The van der Waals surface area contributed by atoms with Gasteiger partial charge in [-0.2, -0.15) is 0 Å². The van der Waals surface area contributed by atoms with E-state index in [1.165, 1.54) is 25.7 Å². The molecule has 0 aliphatic rings. The molecule has 0 aliphatic heterocycles. The molecule has 0 radical (unpaired) electrons. The van der Waals surface area contributed by atoms with Crippen LogP contribution in [0.15, 0.2) is 0 Å². The molecule has 0 saturated heterocycles. The van der Waals surface area contributed by atoms with Crippen molar-refractivity contribution in [2.45, 2.75) is 65.4 Å². The average molecular weight is 196 g/mol. The second-order valence-corrected chi connectivity index (χ2v) is 4.18. The van der Waals surface area contributed by atoms with Crippen LogP contribution in [0.2, 0.25) is 0 Å². The van der Waals surface area contributed by atoms with Crippen molar-refractivity contribution < 1.29 is 5.11 Å². The molecule has 1 atom stereocenters. The third-order valence-corrected chi connectivity index (χ3v) is 3.42. The van der Waals surface area contributed by atoms with Gasteiger partial charge in [-0.3, -0.25) is 0 Å². The first kappa shape index (κ1) is 13.5. The standard InChI is InChI=1S/C13H24O/c1-5-10-13(7-3,8-4)11-9-12(14)6-2/h2,12,14H,5,7-11H2,1,3-4H3. The molecule has 0 bridgehead atoms. The van der Waals surface area contributed by atoms with Gasteiger partial charge in [-0.25, -0.2) is 0 Å². The molecular weight excluding hydrogens is 172 g/mol. The lowest BCUT2D eigenvalue weighted by Gasteiger charge is -2.32. The summed E-state index contributed by atoms with van der Waals surface area (Å²) in [5.41, 5.74) is 0.409. The molecule has 0 aromatic carbocycles. The lowest BCUT2D eigenvalue weighted by Crippen LogP contribution is -2.21. The Hall–Kier alpha value is -0.480. The van der Waals surface area contributed by atoms with E-state index in [2.05, 4.69) is 26.7 Å². The predicted octanol–water partition coefficient (Wildman–Crippen LogP) is 3.37. The van der Waals surface area contributed by atoms with Crippen molar-refractivity contribution in [2.75, 3.05) is 0 Å². The van der Waals surface area contributed by atoms with Crippen molar-refractivity contribution in [3.05, 3.63) is 0 Å². The van der Waals surface area contributed by atoms with Crippen LogP contribution in [0.25, 0.3) is 0 Å². The van der Waals surface area contributed by atoms with E-state index in [0.717, 1.165) is 12.8 Å². The molecule has 0 amide bonds. The smallest absolute Gasteiger partial charge is 0.114 e. The molecule has 1 unspecified atom stereocenters. The van der Waals surface area contributed by atoms with Crippen molar-refractivity contribution in [2.24, 2.45) is 5.41 Å². The Morgan fingerprint density at radius 1 is 1.21 bits per heavy atom. The third kappa shape index (κ3) is 4.15. The molecule has 0 aromatic heterocycles. The SMILES string of the molecule is C#CC(O)CCC(CC)(CC)CCC. The summed E-state index contributed by atoms with van der Waals surface area (Å²) in [5.74, 6) is 2.38. The maximum atomic E-state index is 9.34. The van der Waals surface area contributed by atoms with E-state index in [1.54, 1.807) is 0 Å². The van der Waals surface area contributed by atoms with E-state index in [9.17, 15) is 5.11 Å². The largest absolute Gasteiger partial charge is 0.380 e. The molecule has 0 fully saturated rings. The fourth-order valence-electron chi connectivity index (χ4n) is 2.14. The zero-order chi connectivity index (χ0) is 11.0. The normalized spacial score (nSPS) is 13.6. The first-order chi connectivity index (χ1) is 6.64. The van der Waals surface area contributed by atoms with E-state index in [-0.39, 0.29) is 0 Å². The van der Waals surface area contributed by atoms with Crippen molar-refractivity contribution in [3.63, 3.8) is 0 Å². The van der Waals surface area contributed by atoms with Crippen molar-refractivity contribution in [1.82, 2.24) is 0 Å². The third-order valence-electron chi connectivity index (χ3n) is 3.42. The van der Waals surface area contributed by atoms with Gasteiger partial charge in [0.15, 0.2) is 0 Å². The second-order valence-electron chi connectivity index (χ2n) is 4.18. The Balaban J connectivity index is 4.15. The molecule has 0 rings (SSSR count). The number of hydrogen-bond acceptors (Lipinski definition) is 1. The van der Waals surface area contributed by atoms with Gasteiger partial charge in [0.1, 0.15) is 6.10 Å². The van der Waals surface area contributed by atoms with Crippen LogP contribution in [0, 0.1) is 17.8 Å². The molecule has 82 valence electrons. The van der Waals surface area contributed by atoms with Gasteiger partial charge in [0.2, 0.25) is 0 Å².